The van der Waals surface area contributed by atoms with Gasteiger partial charge in [-0.2, -0.15) is 0 Å². The fourth-order valence-corrected chi connectivity index (χ4v) is 3.78. The quantitative estimate of drug-likeness (QED) is 0.432. The molecule has 0 radical (unpaired) electrons. The highest BCUT2D eigenvalue weighted by molar-refractivity contribution is 5.93. The van der Waals surface area contributed by atoms with E-state index in [1.54, 1.807) is 6.08 Å². The van der Waals surface area contributed by atoms with Crippen LogP contribution in [0.5, 0.6) is 5.75 Å². The summed E-state index contributed by atoms with van der Waals surface area (Å²) < 4.78 is 13.7. The summed E-state index contributed by atoms with van der Waals surface area (Å²) in [5.41, 5.74) is 5.18. The Morgan fingerprint density at radius 2 is 1.90 bits per heavy atom. The van der Waals surface area contributed by atoms with Gasteiger partial charge >= 0.3 is 5.97 Å². The van der Waals surface area contributed by atoms with Crippen molar-refractivity contribution < 1.29 is 14.3 Å². The lowest BCUT2D eigenvalue weighted by Gasteiger charge is -2.20. The van der Waals surface area contributed by atoms with Crippen LogP contribution < -0.4 is 4.74 Å². The molecule has 2 heterocycles. The van der Waals surface area contributed by atoms with E-state index in [9.17, 15) is 4.79 Å². The maximum absolute atomic E-state index is 12.3. The Bertz CT molecular complexity index is 1050. The molecule has 1 aliphatic carbocycles. The van der Waals surface area contributed by atoms with Crippen molar-refractivity contribution in [2.75, 3.05) is 0 Å². The molecule has 0 saturated carbocycles. The summed E-state index contributed by atoms with van der Waals surface area (Å²) in [4.78, 5) is 12.3. The van der Waals surface area contributed by atoms with Gasteiger partial charge in [-0.1, -0.05) is 30.3 Å². The number of ether oxygens (including phenoxy) is 2. The smallest absolute Gasteiger partial charge is 0.331 e. The molecule has 0 N–H and O–H groups in total. The van der Waals surface area contributed by atoms with Gasteiger partial charge in [-0.05, 0) is 68.9 Å². The lowest BCUT2D eigenvalue weighted by Crippen LogP contribution is -2.22. The largest absolute Gasteiger partial charge is 0.489 e. The molecule has 0 spiro atoms. The molecular weight excluding hydrogens is 362 g/mol. The zero-order valence-corrected chi connectivity index (χ0v) is 17.3. The Morgan fingerprint density at radius 3 is 2.66 bits per heavy atom. The first kappa shape index (κ1) is 19.3. The topological polar surface area (TPSA) is 39.9 Å². The second kappa shape index (κ2) is 7.78. The van der Waals surface area contributed by atoms with Crippen LogP contribution in [0.25, 0.3) is 11.1 Å². The number of aryl methyl sites for hydroxylation is 1. The van der Waals surface area contributed by atoms with Crippen molar-refractivity contribution in [3.05, 3.63) is 77.6 Å². The second-order valence-corrected chi connectivity index (χ2v) is 8.49. The molecule has 0 amide bonds. The van der Waals surface area contributed by atoms with Gasteiger partial charge in [0, 0.05) is 29.5 Å². The molecule has 4 heteroatoms. The monoisotopic (exact) mass is 389 g/mol. The van der Waals surface area contributed by atoms with Gasteiger partial charge in [0.1, 0.15) is 18.0 Å². The van der Waals surface area contributed by atoms with E-state index in [1.807, 2.05) is 45.0 Å². The summed E-state index contributed by atoms with van der Waals surface area (Å²) in [7, 11) is 0. The van der Waals surface area contributed by atoms with Crippen LogP contribution in [0.1, 0.15) is 50.4 Å². The lowest BCUT2D eigenvalue weighted by atomic mass is 9.92. The molecule has 0 saturated heterocycles. The molecule has 29 heavy (non-hydrogen) atoms. The molecule has 4 nitrogen and oxygen atoms in total. The van der Waals surface area contributed by atoms with E-state index in [4.69, 9.17) is 9.47 Å². The number of carbonyl (C=O) groups excluding carboxylic acids is 1. The van der Waals surface area contributed by atoms with Crippen LogP contribution in [-0.2, 0) is 22.6 Å². The molecule has 4 rings (SSSR count). The minimum atomic E-state index is -0.484. The fraction of sp³-hybridized carbons (Fsp3) is 0.320. The minimum absolute atomic E-state index is 0.275. The van der Waals surface area contributed by atoms with Gasteiger partial charge in [0.2, 0.25) is 0 Å². The summed E-state index contributed by atoms with van der Waals surface area (Å²) in [5, 5.41) is 0. The maximum atomic E-state index is 12.3. The Labute approximate surface area is 171 Å². The normalized spacial score (nSPS) is 15.3. The number of carbonyl (C=O) groups is 1. The Morgan fingerprint density at radius 1 is 1.10 bits per heavy atom. The number of rotatable bonds is 4. The molecule has 2 aromatic heterocycles. The standard InChI is InChI=1S/C25H27NO3/c1-25(2,3)29-24(27)14-19-10-7-11-23-22(19)16-20-15-21(12-13-26(20)23)28-17-18-8-5-4-6-9-18/h4-6,8-9,12-16H,7,10-11,17H2,1-3H3. The van der Waals surface area contributed by atoms with Crippen molar-refractivity contribution in [3.8, 4) is 5.75 Å². The summed E-state index contributed by atoms with van der Waals surface area (Å²) in [6.45, 7) is 6.21. The average Bonchev–Trinajstić information content (AvgIpc) is 3.05. The van der Waals surface area contributed by atoms with E-state index in [2.05, 4.69) is 34.9 Å². The SMILES string of the molecule is CC(C)(C)OC(=O)C=C1CCCc2c1cc1cc(OCc3ccccc3)ccn21. The molecule has 0 bridgehead atoms. The Balaban J connectivity index is 1.59. The predicted octanol–water partition coefficient (Wildman–Crippen LogP) is 5.58. The first-order chi connectivity index (χ1) is 13.9. The Kier molecular flexibility index (Phi) is 5.18. The molecule has 0 atom stereocenters. The molecule has 1 aliphatic rings. The molecule has 1 aromatic carbocycles. The first-order valence-electron chi connectivity index (χ1n) is 10.1. The number of allylic oxidation sites excluding steroid dienone is 1. The van der Waals surface area contributed by atoms with Crippen molar-refractivity contribution in [1.29, 1.82) is 0 Å². The average molecular weight is 389 g/mol. The van der Waals surface area contributed by atoms with E-state index >= 15 is 0 Å². The predicted molar refractivity (Wildman–Crippen MR) is 115 cm³/mol. The van der Waals surface area contributed by atoms with Crippen LogP contribution in [0, 0.1) is 0 Å². The fourth-order valence-electron chi connectivity index (χ4n) is 3.78. The Hall–Kier alpha value is -3.01. The van der Waals surface area contributed by atoms with Crippen molar-refractivity contribution in [1.82, 2.24) is 4.40 Å². The molecule has 0 fully saturated rings. The van der Waals surface area contributed by atoms with Crippen LogP contribution in [0.4, 0.5) is 0 Å². The van der Waals surface area contributed by atoms with Gasteiger partial charge in [-0.25, -0.2) is 4.79 Å². The zero-order valence-electron chi connectivity index (χ0n) is 17.3. The van der Waals surface area contributed by atoms with Crippen molar-refractivity contribution in [3.63, 3.8) is 0 Å². The number of hydrogen-bond donors (Lipinski definition) is 0. The highest BCUT2D eigenvalue weighted by Crippen LogP contribution is 2.34. The van der Waals surface area contributed by atoms with Crippen LogP contribution in [0.2, 0.25) is 0 Å². The summed E-state index contributed by atoms with van der Waals surface area (Å²) in [6.07, 6.45) is 6.64. The van der Waals surface area contributed by atoms with Crippen LogP contribution in [0.3, 0.4) is 0 Å². The van der Waals surface area contributed by atoms with Crippen molar-refractivity contribution >= 4 is 17.1 Å². The third-order valence-electron chi connectivity index (χ3n) is 5.00. The number of benzene rings is 1. The zero-order chi connectivity index (χ0) is 20.4. The number of nitrogens with zero attached hydrogens (tertiary/aromatic N) is 1. The molecule has 0 unspecified atom stereocenters. The molecule has 150 valence electrons. The van der Waals surface area contributed by atoms with Crippen molar-refractivity contribution in [2.24, 2.45) is 0 Å². The highest BCUT2D eigenvalue weighted by Gasteiger charge is 2.21. The van der Waals surface area contributed by atoms with Gasteiger partial charge in [-0.3, -0.25) is 0 Å². The number of aromatic nitrogens is 1. The third-order valence-corrected chi connectivity index (χ3v) is 5.00. The summed E-state index contributed by atoms with van der Waals surface area (Å²) in [6, 6.07) is 16.4. The van der Waals surface area contributed by atoms with Crippen molar-refractivity contribution in [2.45, 2.75) is 52.2 Å². The van der Waals surface area contributed by atoms with Crippen LogP contribution in [-0.4, -0.2) is 16.0 Å². The molecule has 3 aromatic rings. The number of pyridine rings is 1. The number of esters is 1. The minimum Gasteiger partial charge on any atom is -0.489 e. The van der Waals surface area contributed by atoms with Gasteiger partial charge in [0.15, 0.2) is 0 Å². The maximum Gasteiger partial charge on any atom is 0.331 e. The van der Waals surface area contributed by atoms with Crippen LogP contribution >= 0.6 is 0 Å². The van der Waals surface area contributed by atoms with Gasteiger partial charge in [-0.15, -0.1) is 0 Å². The molecule has 0 aliphatic heterocycles. The number of fused-ring (bicyclic) bond motifs is 3. The van der Waals surface area contributed by atoms with E-state index in [-0.39, 0.29) is 5.97 Å². The van der Waals surface area contributed by atoms with Gasteiger partial charge < -0.3 is 13.9 Å². The van der Waals surface area contributed by atoms with E-state index in [0.717, 1.165) is 47.2 Å². The van der Waals surface area contributed by atoms with Gasteiger partial charge in [0.25, 0.3) is 0 Å². The van der Waals surface area contributed by atoms with Gasteiger partial charge in [0.05, 0.1) is 0 Å². The lowest BCUT2D eigenvalue weighted by molar-refractivity contribution is -0.148. The van der Waals surface area contributed by atoms with E-state index in [0.29, 0.717) is 6.61 Å². The van der Waals surface area contributed by atoms with Crippen LogP contribution in [0.15, 0.2) is 60.8 Å². The van der Waals surface area contributed by atoms with E-state index < -0.39 is 5.60 Å². The van der Waals surface area contributed by atoms with E-state index in [1.165, 1.54) is 5.69 Å². The molecular formula is C25H27NO3. The first-order valence-corrected chi connectivity index (χ1v) is 10.1. The highest BCUT2D eigenvalue weighted by atomic mass is 16.6. The summed E-state index contributed by atoms with van der Waals surface area (Å²) >= 11 is 0. The second-order valence-electron chi connectivity index (χ2n) is 8.49. The number of hydrogen-bond acceptors (Lipinski definition) is 3. The summed E-state index contributed by atoms with van der Waals surface area (Å²) in [5.74, 6) is 0.566. The third kappa shape index (κ3) is 4.53.